The van der Waals surface area contributed by atoms with Gasteiger partial charge in [0.05, 0.1) is 6.20 Å². The topological polar surface area (TPSA) is 71.3 Å². The molecule has 3 saturated heterocycles. The Morgan fingerprint density at radius 1 is 1.12 bits per heavy atom. The van der Waals surface area contributed by atoms with Gasteiger partial charge in [-0.05, 0) is 30.9 Å². The maximum absolute atomic E-state index is 13.0. The number of piperidine rings is 1. The summed E-state index contributed by atoms with van der Waals surface area (Å²) in [5.41, 5.74) is 1.06. The number of hydrogen-bond donors (Lipinski definition) is 0. The van der Waals surface area contributed by atoms with Crippen molar-refractivity contribution >= 4 is 11.8 Å². The zero-order valence-corrected chi connectivity index (χ0v) is 14.2. The van der Waals surface area contributed by atoms with Gasteiger partial charge in [0.15, 0.2) is 0 Å². The van der Waals surface area contributed by atoms with E-state index in [0.717, 1.165) is 12.8 Å². The molecule has 0 unspecified atom stereocenters. The van der Waals surface area contributed by atoms with Gasteiger partial charge in [-0.3, -0.25) is 14.6 Å². The van der Waals surface area contributed by atoms with E-state index in [9.17, 15) is 9.59 Å². The molecule has 5 rings (SSSR count). The van der Waals surface area contributed by atoms with Crippen LogP contribution in [0.3, 0.4) is 0 Å². The fourth-order valence-corrected chi connectivity index (χ4v) is 3.90. The van der Waals surface area contributed by atoms with Gasteiger partial charge in [0.25, 0.3) is 11.8 Å². The molecule has 0 N–H and O–H groups in total. The van der Waals surface area contributed by atoms with Crippen LogP contribution in [0.1, 0.15) is 33.8 Å². The second kappa shape index (κ2) is 6.31. The Morgan fingerprint density at radius 3 is 2.72 bits per heavy atom. The minimum atomic E-state index is -0.0989. The van der Waals surface area contributed by atoms with Crippen LogP contribution in [-0.4, -0.2) is 61.8 Å². The van der Waals surface area contributed by atoms with Crippen molar-refractivity contribution in [2.45, 2.75) is 18.9 Å². The van der Waals surface area contributed by atoms with Crippen LogP contribution in [0.5, 0.6) is 0 Å². The molecule has 3 fully saturated rings. The summed E-state index contributed by atoms with van der Waals surface area (Å²) in [6, 6.07) is 3.79. The van der Waals surface area contributed by atoms with Gasteiger partial charge < -0.3 is 14.4 Å². The summed E-state index contributed by atoms with van der Waals surface area (Å²) in [7, 11) is 1.88. The highest BCUT2D eigenvalue weighted by molar-refractivity contribution is 5.94. The lowest BCUT2D eigenvalue weighted by molar-refractivity contribution is 0.0565. The third kappa shape index (κ3) is 2.90. The van der Waals surface area contributed by atoms with Crippen molar-refractivity contribution in [1.82, 2.24) is 24.3 Å². The lowest BCUT2D eigenvalue weighted by atomic mass is 9.94. The number of nitrogens with zero attached hydrogens (tertiary/aromatic N) is 5. The molecular weight excluding hydrogens is 318 g/mol. The molecule has 0 spiro atoms. The van der Waals surface area contributed by atoms with Crippen molar-refractivity contribution in [1.29, 1.82) is 0 Å². The summed E-state index contributed by atoms with van der Waals surface area (Å²) in [5.74, 6) is 0.262. The average Bonchev–Trinajstić information content (AvgIpc) is 2.87. The summed E-state index contributed by atoms with van der Waals surface area (Å²) < 4.78 is 1.85. The van der Waals surface area contributed by atoms with Crippen molar-refractivity contribution in [3.63, 3.8) is 0 Å². The molecule has 3 aliphatic heterocycles. The van der Waals surface area contributed by atoms with Gasteiger partial charge in [0.2, 0.25) is 0 Å². The minimum Gasteiger partial charge on any atom is -0.347 e. The predicted octanol–water partition coefficient (Wildman–Crippen LogP) is 1.19. The Balaban J connectivity index is 1.56. The summed E-state index contributed by atoms with van der Waals surface area (Å²) in [5, 5.41) is 0. The van der Waals surface area contributed by atoms with Crippen molar-refractivity contribution in [3.8, 4) is 0 Å². The van der Waals surface area contributed by atoms with Crippen LogP contribution in [0.2, 0.25) is 0 Å². The molecule has 2 bridgehead atoms. The molecule has 0 aliphatic carbocycles. The van der Waals surface area contributed by atoms with E-state index < -0.39 is 0 Å². The summed E-state index contributed by atoms with van der Waals surface area (Å²) in [4.78, 5) is 37.6. The Morgan fingerprint density at radius 2 is 2.00 bits per heavy atom. The maximum Gasteiger partial charge on any atom is 0.274 e. The van der Waals surface area contributed by atoms with Crippen LogP contribution in [0.25, 0.3) is 0 Å². The van der Waals surface area contributed by atoms with E-state index in [1.165, 1.54) is 12.4 Å². The largest absolute Gasteiger partial charge is 0.347 e. The average molecular weight is 339 g/mol. The number of fused-ring (bicyclic) bond motifs is 4. The Kier molecular flexibility index (Phi) is 3.99. The first-order valence-electron chi connectivity index (χ1n) is 8.61. The van der Waals surface area contributed by atoms with E-state index in [1.54, 1.807) is 6.20 Å². The molecule has 0 aromatic carbocycles. The molecule has 0 radical (unpaired) electrons. The normalized spacial score (nSPS) is 22.8. The van der Waals surface area contributed by atoms with Gasteiger partial charge in [-0.1, -0.05) is 0 Å². The fraction of sp³-hybridized carbons (Fsp3) is 0.444. The molecule has 25 heavy (non-hydrogen) atoms. The van der Waals surface area contributed by atoms with Crippen molar-refractivity contribution in [2.75, 3.05) is 19.6 Å². The summed E-state index contributed by atoms with van der Waals surface area (Å²) in [6.07, 6.45) is 8.46. The number of rotatable bonds is 2. The van der Waals surface area contributed by atoms with Crippen LogP contribution >= 0.6 is 0 Å². The van der Waals surface area contributed by atoms with Crippen LogP contribution in [0.4, 0.5) is 0 Å². The first-order valence-corrected chi connectivity index (χ1v) is 8.61. The first-order chi connectivity index (χ1) is 12.1. The molecule has 7 nitrogen and oxygen atoms in total. The van der Waals surface area contributed by atoms with E-state index in [-0.39, 0.29) is 17.9 Å². The number of carbonyl (C=O) groups is 2. The van der Waals surface area contributed by atoms with Crippen molar-refractivity contribution in [3.05, 3.63) is 48.3 Å². The van der Waals surface area contributed by atoms with Crippen LogP contribution in [0.15, 0.2) is 36.9 Å². The number of amides is 2. The highest BCUT2D eigenvalue weighted by Crippen LogP contribution is 2.29. The third-order valence-electron chi connectivity index (χ3n) is 5.21. The van der Waals surface area contributed by atoms with Gasteiger partial charge in [0, 0.05) is 51.3 Å². The molecule has 3 aliphatic rings. The standard InChI is InChI=1S/C18H21N5O2/c1-21-8-2-3-16(21)18(25)23-11-13-4-5-14(23)12-22(10-13)17(24)15-9-19-6-7-20-15/h2-3,6-9,13-14H,4-5,10-12H2,1H3/t13-,14+/m0/s1. The molecule has 130 valence electrons. The molecule has 2 aromatic rings. The van der Waals surface area contributed by atoms with E-state index in [2.05, 4.69) is 9.97 Å². The Hall–Kier alpha value is -2.70. The molecule has 2 amide bonds. The number of hydrogen-bond acceptors (Lipinski definition) is 4. The highest BCUT2D eigenvalue weighted by atomic mass is 16.2. The van der Waals surface area contributed by atoms with Crippen molar-refractivity contribution < 1.29 is 9.59 Å². The van der Waals surface area contributed by atoms with E-state index >= 15 is 0 Å². The van der Waals surface area contributed by atoms with Gasteiger partial charge >= 0.3 is 0 Å². The van der Waals surface area contributed by atoms with E-state index in [4.69, 9.17) is 0 Å². The number of aryl methyl sites for hydroxylation is 1. The summed E-state index contributed by atoms with van der Waals surface area (Å²) >= 11 is 0. The van der Waals surface area contributed by atoms with Gasteiger partial charge in [-0.15, -0.1) is 0 Å². The lowest BCUT2D eigenvalue weighted by Crippen LogP contribution is -2.48. The summed E-state index contributed by atoms with van der Waals surface area (Å²) in [6.45, 7) is 1.93. The molecule has 5 heterocycles. The molecule has 7 heteroatoms. The monoisotopic (exact) mass is 339 g/mol. The maximum atomic E-state index is 13.0. The van der Waals surface area contributed by atoms with E-state index in [1.807, 2.05) is 39.7 Å². The molecule has 2 atom stereocenters. The third-order valence-corrected chi connectivity index (χ3v) is 5.21. The second-order valence-electron chi connectivity index (χ2n) is 6.86. The van der Waals surface area contributed by atoms with Crippen LogP contribution < -0.4 is 0 Å². The zero-order chi connectivity index (χ0) is 17.4. The molecule has 0 saturated carbocycles. The van der Waals surface area contributed by atoms with Gasteiger partial charge in [-0.2, -0.15) is 0 Å². The quantitative estimate of drug-likeness (QED) is 0.824. The number of aromatic nitrogens is 3. The number of carbonyl (C=O) groups excluding carboxylic acids is 2. The van der Waals surface area contributed by atoms with Gasteiger partial charge in [0.1, 0.15) is 11.4 Å². The second-order valence-corrected chi connectivity index (χ2v) is 6.86. The van der Waals surface area contributed by atoms with Crippen LogP contribution in [0, 0.1) is 5.92 Å². The highest BCUT2D eigenvalue weighted by Gasteiger charge is 2.39. The zero-order valence-electron chi connectivity index (χ0n) is 14.2. The Labute approximate surface area is 146 Å². The van der Waals surface area contributed by atoms with Crippen LogP contribution in [-0.2, 0) is 7.05 Å². The molecular formula is C18H21N5O2. The SMILES string of the molecule is Cn1cccc1C(=O)N1C[C@H]2CC[C@@H]1CN(C(=O)c1cnccn1)C2. The first kappa shape index (κ1) is 15.8. The van der Waals surface area contributed by atoms with Crippen molar-refractivity contribution in [2.24, 2.45) is 13.0 Å². The predicted molar refractivity (Wildman–Crippen MR) is 90.9 cm³/mol. The molecule has 2 aromatic heterocycles. The van der Waals surface area contributed by atoms with Gasteiger partial charge in [-0.25, -0.2) is 4.98 Å². The smallest absolute Gasteiger partial charge is 0.274 e. The fourth-order valence-electron chi connectivity index (χ4n) is 3.90. The minimum absolute atomic E-state index is 0.0519. The van der Waals surface area contributed by atoms with E-state index in [0.29, 0.717) is 36.9 Å². The Bertz CT molecular complexity index is 788. The lowest BCUT2D eigenvalue weighted by Gasteiger charge is -2.36.